The van der Waals surface area contributed by atoms with Crippen LogP contribution in [0.1, 0.15) is 15.9 Å². The summed E-state index contributed by atoms with van der Waals surface area (Å²) in [6, 6.07) is 9.49. The molecule has 4 heteroatoms. The monoisotopic (exact) mass is 229 g/mol. The SMILES string of the molecule is O=C(OCc1ccncc1)c1ccc(O)cc1. The Morgan fingerprint density at radius 1 is 1.12 bits per heavy atom. The van der Waals surface area contributed by atoms with Crippen LogP contribution in [0.2, 0.25) is 0 Å². The average molecular weight is 229 g/mol. The normalized spacial score (nSPS) is 9.88. The Morgan fingerprint density at radius 3 is 2.41 bits per heavy atom. The highest BCUT2D eigenvalue weighted by Gasteiger charge is 2.06. The summed E-state index contributed by atoms with van der Waals surface area (Å²) >= 11 is 0. The molecule has 0 atom stereocenters. The number of carbonyl (C=O) groups is 1. The highest BCUT2D eigenvalue weighted by molar-refractivity contribution is 5.89. The van der Waals surface area contributed by atoms with E-state index in [2.05, 4.69) is 4.98 Å². The summed E-state index contributed by atoms with van der Waals surface area (Å²) < 4.78 is 5.11. The molecule has 0 aliphatic carbocycles. The predicted octanol–water partition coefficient (Wildman–Crippen LogP) is 2.14. The quantitative estimate of drug-likeness (QED) is 0.819. The maximum atomic E-state index is 11.6. The van der Waals surface area contributed by atoms with Crippen molar-refractivity contribution >= 4 is 5.97 Å². The number of phenols is 1. The van der Waals surface area contributed by atoms with Crippen LogP contribution in [0.3, 0.4) is 0 Å². The van der Waals surface area contributed by atoms with E-state index in [1.54, 1.807) is 24.5 Å². The molecule has 0 bridgehead atoms. The summed E-state index contributed by atoms with van der Waals surface area (Å²) in [5.41, 5.74) is 1.30. The predicted molar refractivity (Wildman–Crippen MR) is 61.5 cm³/mol. The molecule has 0 aliphatic rings. The number of pyridine rings is 1. The number of phenolic OH excluding ortho intramolecular Hbond substituents is 1. The molecule has 0 radical (unpaired) electrons. The molecule has 0 spiro atoms. The second kappa shape index (κ2) is 5.12. The molecular formula is C13H11NO3. The third kappa shape index (κ3) is 3.04. The Labute approximate surface area is 98.5 Å². The lowest BCUT2D eigenvalue weighted by molar-refractivity contribution is 0.0472. The standard InChI is InChI=1S/C13H11NO3/c15-12-3-1-11(2-4-12)13(16)17-9-10-5-7-14-8-6-10/h1-8,15H,9H2. The molecule has 1 aromatic carbocycles. The fourth-order valence-corrected chi connectivity index (χ4v) is 1.31. The summed E-state index contributed by atoms with van der Waals surface area (Å²) in [6.45, 7) is 0.211. The maximum Gasteiger partial charge on any atom is 0.338 e. The molecule has 0 aliphatic heterocycles. The first kappa shape index (κ1) is 11.1. The van der Waals surface area contributed by atoms with Crippen LogP contribution in [0.4, 0.5) is 0 Å². The van der Waals surface area contributed by atoms with Gasteiger partial charge in [0.1, 0.15) is 12.4 Å². The first-order valence-electron chi connectivity index (χ1n) is 5.11. The van der Waals surface area contributed by atoms with Crippen LogP contribution in [0.15, 0.2) is 48.8 Å². The van der Waals surface area contributed by atoms with Gasteiger partial charge in [0.25, 0.3) is 0 Å². The zero-order valence-corrected chi connectivity index (χ0v) is 9.04. The van der Waals surface area contributed by atoms with Crippen molar-refractivity contribution in [3.63, 3.8) is 0 Å². The van der Waals surface area contributed by atoms with E-state index >= 15 is 0 Å². The average Bonchev–Trinajstić information content (AvgIpc) is 2.38. The van der Waals surface area contributed by atoms with E-state index in [0.717, 1.165) is 5.56 Å². The van der Waals surface area contributed by atoms with E-state index in [-0.39, 0.29) is 12.4 Å². The molecule has 17 heavy (non-hydrogen) atoms. The van der Waals surface area contributed by atoms with Gasteiger partial charge in [0.2, 0.25) is 0 Å². The van der Waals surface area contributed by atoms with E-state index in [0.29, 0.717) is 5.56 Å². The molecule has 0 saturated carbocycles. The zero-order chi connectivity index (χ0) is 12.1. The van der Waals surface area contributed by atoms with Gasteiger partial charge in [-0.25, -0.2) is 4.79 Å². The fraction of sp³-hybridized carbons (Fsp3) is 0.0769. The molecule has 1 heterocycles. The van der Waals surface area contributed by atoms with Crippen LogP contribution in [0.5, 0.6) is 5.75 Å². The lowest BCUT2D eigenvalue weighted by Crippen LogP contribution is -2.04. The van der Waals surface area contributed by atoms with Crippen molar-refractivity contribution in [3.8, 4) is 5.75 Å². The minimum absolute atomic E-state index is 0.121. The van der Waals surface area contributed by atoms with Crippen LogP contribution in [-0.2, 0) is 11.3 Å². The minimum atomic E-state index is -0.415. The first-order chi connectivity index (χ1) is 8.25. The van der Waals surface area contributed by atoms with Crippen molar-refractivity contribution in [2.75, 3.05) is 0 Å². The van der Waals surface area contributed by atoms with Gasteiger partial charge in [-0.1, -0.05) is 0 Å². The molecule has 1 aromatic heterocycles. The van der Waals surface area contributed by atoms with E-state index in [1.165, 1.54) is 24.3 Å². The Kier molecular flexibility index (Phi) is 3.35. The lowest BCUT2D eigenvalue weighted by atomic mass is 10.2. The molecule has 0 fully saturated rings. The van der Waals surface area contributed by atoms with Crippen molar-refractivity contribution in [1.29, 1.82) is 0 Å². The molecule has 4 nitrogen and oxygen atoms in total. The number of ether oxygens (including phenoxy) is 1. The fourth-order valence-electron chi connectivity index (χ4n) is 1.31. The summed E-state index contributed by atoms with van der Waals surface area (Å²) in [7, 11) is 0. The van der Waals surface area contributed by atoms with Gasteiger partial charge in [-0.05, 0) is 42.0 Å². The lowest BCUT2D eigenvalue weighted by Gasteiger charge is -2.04. The van der Waals surface area contributed by atoms with Crippen LogP contribution >= 0.6 is 0 Å². The number of hydrogen-bond donors (Lipinski definition) is 1. The van der Waals surface area contributed by atoms with E-state index in [1.807, 2.05) is 0 Å². The summed E-state index contributed by atoms with van der Waals surface area (Å²) in [6.07, 6.45) is 3.29. The molecule has 2 rings (SSSR count). The number of aromatic hydroxyl groups is 1. The second-order valence-corrected chi connectivity index (χ2v) is 3.48. The van der Waals surface area contributed by atoms with Gasteiger partial charge in [0, 0.05) is 12.4 Å². The molecule has 0 unspecified atom stereocenters. The van der Waals surface area contributed by atoms with Gasteiger partial charge < -0.3 is 9.84 Å². The smallest absolute Gasteiger partial charge is 0.338 e. The second-order valence-electron chi connectivity index (χ2n) is 3.48. The number of nitrogens with zero attached hydrogens (tertiary/aromatic N) is 1. The highest BCUT2D eigenvalue weighted by Crippen LogP contribution is 2.11. The third-order valence-electron chi connectivity index (χ3n) is 2.22. The van der Waals surface area contributed by atoms with Gasteiger partial charge in [-0.3, -0.25) is 4.98 Å². The number of aromatic nitrogens is 1. The summed E-state index contributed by atoms with van der Waals surface area (Å²) in [5.74, 6) is -0.294. The Balaban J connectivity index is 1.96. The molecule has 2 aromatic rings. The summed E-state index contributed by atoms with van der Waals surface area (Å²) in [4.78, 5) is 15.5. The van der Waals surface area contributed by atoms with Crippen molar-refractivity contribution < 1.29 is 14.6 Å². The van der Waals surface area contributed by atoms with E-state index in [9.17, 15) is 4.79 Å². The zero-order valence-electron chi connectivity index (χ0n) is 9.04. The molecule has 1 N–H and O–H groups in total. The Bertz CT molecular complexity index is 494. The summed E-state index contributed by atoms with van der Waals surface area (Å²) in [5, 5.41) is 9.09. The van der Waals surface area contributed by atoms with Gasteiger partial charge >= 0.3 is 5.97 Å². The molecule has 86 valence electrons. The topological polar surface area (TPSA) is 59.4 Å². The van der Waals surface area contributed by atoms with Crippen molar-refractivity contribution in [2.24, 2.45) is 0 Å². The van der Waals surface area contributed by atoms with Crippen LogP contribution in [-0.4, -0.2) is 16.1 Å². The van der Waals surface area contributed by atoms with Crippen LogP contribution < -0.4 is 0 Å². The van der Waals surface area contributed by atoms with Gasteiger partial charge in [0.05, 0.1) is 5.56 Å². The van der Waals surface area contributed by atoms with E-state index in [4.69, 9.17) is 9.84 Å². The van der Waals surface area contributed by atoms with Crippen LogP contribution in [0, 0.1) is 0 Å². The van der Waals surface area contributed by atoms with Gasteiger partial charge in [0.15, 0.2) is 0 Å². The number of benzene rings is 1. The number of hydrogen-bond acceptors (Lipinski definition) is 4. The molecule has 0 amide bonds. The van der Waals surface area contributed by atoms with Crippen LogP contribution in [0.25, 0.3) is 0 Å². The largest absolute Gasteiger partial charge is 0.508 e. The number of rotatable bonds is 3. The number of esters is 1. The van der Waals surface area contributed by atoms with Crippen molar-refractivity contribution in [2.45, 2.75) is 6.61 Å². The maximum absolute atomic E-state index is 11.6. The van der Waals surface area contributed by atoms with Crippen molar-refractivity contribution in [3.05, 3.63) is 59.9 Å². The minimum Gasteiger partial charge on any atom is -0.508 e. The number of carbonyl (C=O) groups excluding carboxylic acids is 1. The third-order valence-corrected chi connectivity index (χ3v) is 2.22. The Hall–Kier alpha value is -2.36. The van der Waals surface area contributed by atoms with E-state index < -0.39 is 5.97 Å². The highest BCUT2D eigenvalue weighted by atomic mass is 16.5. The van der Waals surface area contributed by atoms with Crippen molar-refractivity contribution in [1.82, 2.24) is 4.98 Å². The molecule has 0 saturated heterocycles. The molecular weight excluding hydrogens is 218 g/mol. The Morgan fingerprint density at radius 2 is 1.76 bits per heavy atom. The van der Waals surface area contributed by atoms with Gasteiger partial charge in [-0.2, -0.15) is 0 Å². The van der Waals surface area contributed by atoms with Gasteiger partial charge in [-0.15, -0.1) is 0 Å². The first-order valence-corrected chi connectivity index (χ1v) is 5.11.